The van der Waals surface area contributed by atoms with Crippen molar-refractivity contribution in [3.05, 3.63) is 29.8 Å². The summed E-state index contributed by atoms with van der Waals surface area (Å²) >= 11 is 0. The number of anilines is 1. The Kier molecular flexibility index (Phi) is 7.48. The summed E-state index contributed by atoms with van der Waals surface area (Å²) < 4.78 is 28.1. The smallest absolute Gasteiger partial charge is 0.191 e. The number of hydrogen-bond donors (Lipinski definition) is 2. The van der Waals surface area contributed by atoms with Crippen LogP contribution in [0, 0.1) is 17.6 Å². The maximum absolute atomic E-state index is 14.0. The van der Waals surface area contributed by atoms with E-state index in [1.165, 1.54) is 44.1 Å². The van der Waals surface area contributed by atoms with Gasteiger partial charge in [-0.15, -0.1) is 0 Å². The minimum atomic E-state index is -0.501. The highest BCUT2D eigenvalue weighted by atomic mass is 19.1. The fourth-order valence-corrected chi connectivity index (χ4v) is 4.10. The van der Waals surface area contributed by atoms with Gasteiger partial charge < -0.3 is 20.4 Å². The lowest BCUT2D eigenvalue weighted by Crippen LogP contribution is -2.44. The van der Waals surface area contributed by atoms with Crippen LogP contribution in [0.3, 0.4) is 0 Å². The average Bonchev–Trinajstić information content (AvgIpc) is 3.11. The SMILES string of the molecule is CCNC(=NCCC1CCN(C)CC1)NC1CCN(c2c(F)cccc2F)C1. The van der Waals surface area contributed by atoms with Gasteiger partial charge in [0.05, 0.1) is 0 Å². The van der Waals surface area contributed by atoms with Gasteiger partial charge in [-0.05, 0) is 70.8 Å². The van der Waals surface area contributed by atoms with E-state index in [0.717, 1.165) is 37.8 Å². The minimum absolute atomic E-state index is 0.0796. The molecule has 2 N–H and O–H groups in total. The van der Waals surface area contributed by atoms with Crippen molar-refractivity contribution < 1.29 is 8.78 Å². The summed E-state index contributed by atoms with van der Waals surface area (Å²) in [4.78, 5) is 8.90. The highest BCUT2D eigenvalue weighted by Gasteiger charge is 2.27. The molecule has 156 valence electrons. The summed E-state index contributed by atoms with van der Waals surface area (Å²) in [6.07, 6.45) is 4.44. The molecule has 0 saturated carbocycles. The highest BCUT2D eigenvalue weighted by molar-refractivity contribution is 5.80. The lowest BCUT2D eigenvalue weighted by molar-refractivity contribution is 0.214. The molecular weight excluding hydrogens is 360 g/mol. The molecule has 0 aromatic heterocycles. The van der Waals surface area contributed by atoms with Crippen molar-refractivity contribution in [2.24, 2.45) is 10.9 Å². The molecule has 28 heavy (non-hydrogen) atoms. The number of piperidine rings is 1. The molecule has 2 fully saturated rings. The molecule has 3 rings (SSSR count). The quantitative estimate of drug-likeness (QED) is 0.576. The van der Waals surface area contributed by atoms with Crippen LogP contribution < -0.4 is 15.5 Å². The molecule has 1 atom stereocenters. The van der Waals surface area contributed by atoms with Crippen LogP contribution in [0.25, 0.3) is 0 Å². The van der Waals surface area contributed by atoms with Gasteiger partial charge in [0.15, 0.2) is 5.96 Å². The second kappa shape index (κ2) is 10.0. The third-order valence-corrected chi connectivity index (χ3v) is 5.77. The van der Waals surface area contributed by atoms with Crippen LogP contribution in [0.15, 0.2) is 23.2 Å². The predicted molar refractivity (Wildman–Crippen MR) is 111 cm³/mol. The highest BCUT2D eigenvalue weighted by Crippen LogP contribution is 2.26. The van der Waals surface area contributed by atoms with Crippen LogP contribution in [0.4, 0.5) is 14.5 Å². The molecule has 0 radical (unpaired) electrons. The van der Waals surface area contributed by atoms with Gasteiger partial charge in [-0.1, -0.05) is 6.07 Å². The van der Waals surface area contributed by atoms with Crippen molar-refractivity contribution in [1.82, 2.24) is 15.5 Å². The number of likely N-dealkylation sites (tertiary alicyclic amines) is 1. The number of hydrogen-bond acceptors (Lipinski definition) is 3. The van der Waals surface area contributed by atoms with Crippen LogP contribution in [0.1, 0.15) is 32.6 Å². The summed E-state index contributed by atoms with van der Waals surface area (Å²) in [5.74, 6) is 0.559. The fourth-order valence-electron chi connectivity index (χ4n) is 4.10. The topological polar surface area (TPSA) is 42.9 Å². The number of aliphatic imine (C=N–C) groups is 1. The average molecular weight is 394 g/mol. The first-order valence-corrected chi connectivity index (χ1v) is 10.5. The first kappa shape index (κ1) is 20.8. The largest absolute Gasteiger partial charge is 0.365 e. The third kappa shape index (κ3) is 5.56. The van der Waals surface area contributed by atoms with Crippen molar-refractivity contribution in [3.63, 3.8) is 0 Å². The van der Waals surface area contributed by atoms with Gasteiger partial charge in [-0.2, -0.15) is 0 Å². The van der Waals surface area contributed by atoms with E-state index in [1.807, 2.05) is 6.92 Å². The zero-order valence-electron chi connectivity index (χ0n) is 17.1. The van der Waals surface area contributed by atoms with Gasteiger partial charge in [0, 0.05) is 32.2 Å². The van der Waals surface area contributed by atoms with E-state index in [2.05, 4.69) is 22.6 Å². The molecule has 2 saturated heterocycles. The normalized spacial score (nSPS) is 21.9. The Balaban J connectivity index is 1.51. The van der Waals surface area contributed by atoms with E-state index in [0.29, 0.717) is 13.1 Å². The molecule has 0 bridgehead atoms. The first-order chi connectivity index (χ1) is 13.6. The first-order valence-electron chi connectivity index (χ1n) is 10.5. The van der Waals surface area contributed by atoms with Gasteiger partial charge in [0.1, 0.15) is 17.3 Å². The number of rotatable bonds is 6. The number of halogens is 2. The molecule has 7 heteroatoms. The van der Waals surface area contributed by atoms with E-state index < -0.39 is 11.6 Å². The van der Waals surface area contributed by atoms with Gasteiger partial charge in [-0.3, -0.25) is 4.99 Å². The van der Waals surface area contributed by atoms with Gasteiger partial charge in [0.25, 0.3) is 0 Å². The number of nitrogens with zero attached hydrogens (tertiary/aromatic N) is 3. The van der Waals surface area contributed by atoms with Crippen LogP contribution in [0.5, 0.6) is 0 Å². The second-order valence-electron chi connectivity index (χ2n) is 7.94. The molecule has 2 aliphatic heterocycles. The number of benzene rings is 1. The van der Waals surface area contributed by atoms with Crippen LogP contribution in [-0.4, -0.2) is 63.2 Å². The molecular formula is C21H33F2N5. The van der Waals surface area contributed by atoms with E-state index in [-0.39, 0.29) is 11.7 Å². The Labute approximate surface area is 167 Å². The van der Waals surface area contributed by atoms with Crippen LogP contribution >= 0.6 is 0 Å². The zero-order valence-corrected chi connectivity index (χ0v) is 17.1. The maximum Gasteiger partial charge on any atom is 0.191 e. The Bertz CT molecular complexity index is 638. The van der Waals surface area contributed by atoms with E-state index >= 15 is 0 Å². The lowest BCUT2D eigenvalue weighted by atomic mass is 9.94. The van der Waals surface area contributed by atoms with Gasteiger partial charge in [-0.25, -0.2) is 8.78 Å². The van der Waals surface area contributed by atoms with E-state index in [1.54, 1.807) is 4.90 Å². The lowest BCUT2D eigenvalue weighted by Gasteiger charge is -2.28. The number of nitrogens with one attached hydrogen (secondary N) is 2. The molecule has 2 heterocycles. The maximum atomic E-state index is 14.0. The van der Waals surface area contributed by atoms with Crippen molar-refractivity contribution >= 4 is 11.6 Å². The molecule has 1 aromatic carbocycles. The van der Waals surface area contributed by atoms with Crippen molar-refractivity contribution in [2.45, 2.75) is 38.6 Å². The fraction of sp³-hybridized carbons (Fsp3) is 0.667. The molecule has 0 amide bonds. The Morgan fingerprint density at radius 2 is 1.86 bits per heavy atom. The van der Waals surface area contributed by atoms with Crippen molar-refractivity contribution in [2.75, 3.05) is 51.2 Å². The summed E-state index contributed by atoms with van der Waals surface area (Å²) in [6, 6.07) is 4.15. The Hall–Kier alpha value is -1.89. The molecule has 1 unspecified atom stereocenters. The molecule has 0 spiro atoms. The molecule has 2 aliphatic rings. The predicted octanol–water partition coefficient (Wildman–Crippen LogP) is 2.83. The standard InChI is InChI=1S/C21H33F2N5/c1-3-24-21(25-11-7-16-8-12-27(2)13-9-16)26-17-10-14-28(15-17)20-18(22)5-4-6-19(20)23/h4-6,16-17H,3,7-15H2,1-2H3,(H2,24,25,26). The van der Waals surface area contributed by atoms with E-state index in [4.69, 9.17) is 4.99 Å². The number of para-hydroxylation sites is 1. The summed E-state index contributed by atoms with van der Waals surface area (Å²) in [5.41, 5.74) is 0.0796. The Morgan fingerprint density at radius 1 is 1.14 bits per heavy atom. The summed E-state index contributed by atoms with van der Waals surface area (Å²) in [6.45, 7) is 7.19. The van der Waals surface area contributed by atoms with Crippen LogP contribution in [-0.2, 0) is 0 Å². The van der Waals surface area contributed by atoms with Crippen molar-refractivity contribution in [3.8, 4) is 0 Å². The van der Waals surface area contributed by atoms with Gasteiger partial charge in [0.2, 0.25) is 0 Å². The third-order valence-electron chi connectivity index (χ3n) is 5.77. The monoisotopic (exact) mass is 393 g/mol. The second-order valence-corrected chi connectivity index (χ2v) is 7.94. The van der Waals surface area contributed by atoms with Crippen LogP contribution in [0.2, 0.25) is 0 Å². The number of guanidine groups is 1. The zero-order chi connectivity index (χ0) is 19.9. The molecule has 5 nitrogen and oxygen atoms in total. The minimum Gasteiger partial charge on any atom is -0.365 e. The Morgan fingerprint density at radius 3 is 2.54 bits per heavy atom. The van der Waals surface area contributed by atoms with Gasteiger partial charge >= 0.3 is 0 Å². The summed E-state index contributed by atoms with van der Waals surface area (Å²) in [7, 11) is 2.18. The van der Waals surface area contributed by atoms with E-state index in [9.17, 15) is 8.78 Å². The molecule has 0 aliphatic carbocycles. The summed E-state index contributed by atoms with van der Waals surface area (Å²) in [5, 5.41) is 6.74. The van der Waals surface area contributed by atoms with Crippen molar-refractivity contribution in [1.29, 1.82) is 0 Å². The molecule has 1 aromatic rings.